The first-order chi connectivity index (χ1) is 18.7. The van der Waals surface area contributed by atoms with Crippen molar-refractivity contribution in [1.29, 1.82) is 10.5 Å². The van der Waals surface area contributed by atoms with E-state index < -0.39 is 5.56 Å². The lowest BCUT2D eigenvalue weighted by atomic mass is 9.95. The zero-order valence-corrected chi connectivity index (χ0v) is 22.3. The number of benzene rings is 1. The first-order valence-corrected chi connectivity index (χ1v) is 12.8. The smallest absolute Gasteiger partial charge is 0.270 e. The van der Waals surface area contributed by atoms with Crippen LogP contribution in [-0.4, -0.2) is 44.6 Å². The van der Waals surface area contributed by atoms with E-state index in [1.165, 1.54) is 10.6 Å². The molecule has 4 aromatic rings. The van der Waals surface area contributed by atoms with Crippen molar-refractivity contribution < 1.29 is 4.39 Å². The van der Waals surface area contributed by atoms with Crippen LogP contribution in [0, 0.1) is 35.4 Å². The molecule has 0 aliphatic carbocycles. The van der Waals surface area contributed by atoms with Gasteiger partial charge in [0, 0.05) is 38.4 Å². The van der Waals surface area contributed by atoms with Crippen LogP contribution < -0.4 is 10.5 Å². The molecule has 196 valence electrons. The molecule has 0 radical (unpaired) electrons. The second-order valence-corrected chi connectivity index (χ2v) is 10.1. The number of aryl methyl sites for hydroxylation is 2. The summed E-state index contributed by atoms with van der Waals surface area (Å²) in [4.78, 5) is 26.7. The van der Waals surface area contributed by atoms with Crippen LogP contribution in [0.1, 0.15) is 48.0 Å². The summed E-state index contributed by atoms with van der Waals surface area (Å²) in [5.41, 5.74) is 3.90. The number of hydrogen-bond acceptors (Lipinski definition) is 7. The molecule has 1 saturated heterocycles. The fraction of sp³-hybridized carbons (Fsp3) is 0.300. The van der Waals surface area contributed by atoms with Crippen LogP contribution >= 0.6 is 0 Å². The van der Waals surface area contributed by atoms with E-state index in [0.717, 1.165) is 16.8 Å². The fourth-order valence-electron chi connectivity index (χ4n) is 5.51. The average molecular weight is 522 g/mol. The van der Waals surface area contributed by atoms with E-state index in [2.05, 4.69) is 28.9 Å². The molecule has 0 bridgehead atoms. The molecule has 8 nitrogen and oxygen atoms in total. The van der Waals surface area contributed by atoms with Crippen molar-refractivity contribution in [3.05, 3.63) is 99.0 Å². The minimum atomic E-state index is -0.407. The van der Waals surface area contributed by atoms with Gasteiger partial charge in [-0.2, -0.15) is 10.5 Å². The Labute approximate surface area is 226 Å². The van der Waals surface area contributed by atoms with Gasteiger partial charge in [0.15, 0.2) is 0 Å². The van der Waals surface area contributed by atoms with Gasteiger partial charge < -0.3 is 9.47 Å². The monoisotopic (exact) mass is 521 g/mol. The molecule has 1 aliphatic heterocycles. The standard InChI is InChI=1S/C30H28FN7O/c1-18-8-10-25(34-15-18)28(21-6-5-7-22(31)12-21)37-16-20(3)38(17-19(37)2)29-24(14-33)30(39)36(4)26-11-9-23(13-32)35-27(26)29/h5-12,15,19-20,28H,16-17H2,1-4H3/t19-,20+,28?/m1/s1. The van der Waals surface area contributed by atoms with Crippen molar-refractivity contribution in [2.24, 2.45) is 7.05 Å². The first-order valence-electron chi connectivity index (χ1n) is 12.8. The molecule has 1 aromatic carbocycles. The molecule has 0 spiro atoms. The number of anilines is 1. The summed E-state index contributed by atoms with van der Waals surface area (Å²) >= 11 is 0. The largest absolute Gasteiger partial charge is 0.363 e. The van der Waals surface area contributed by atoms with Crippen LogP contribution in [-0.2, 0) is 7.05 Å². The SMILES string of the molecule is Cc1ccc(C(c2cccc(F)c2)N2C[C@H](C)N(c3c(C#N)c(=O)n(C)c4ccc(C#N)nc34)C[C@H]2C)nc1. The van der Waals surface area contributed by atoms with Gasteiger partial charge in [-0.25, -0.2) is 9.37 Å². The Bertz CT molecular complexity index is 1700. The summed E-state index contributed by atoms with van der Waals surface area (Å²) in [7, 11) is 1.60. The fourth-order valence-corrected chi connectivity index (χ4v) is 5.51. The summed E-state index contributed by atoms with van der Waals surface area (Å²) < 4.78 is 15.8. The maximum Gasteiger partial charge on any atom is 0.270 e. The Hall–Kier alpha value is -4.60. The normalized spacial score (nSPS) is 18.5. The molecule has 0 amide bonds. The van der Waals surface area contributed by atoms with Crippen LogP contribution in [0.2, 0.25) is 0 Å². The highest BCUT2D eigenvalue weighted by atomic mass is 19.1. The summed E-state index contributed by atoms with van der Waals surface area (Å²) in [6.07, 6.45) is 1.81. The van der Waals surface area contributed by atoms with E-state index in [9.17, 15) is 19.7 Å². The molecular weight excluding hydrogens is 493 g/mol. The van der Waals surface area contributed by atoms with E-state index in [4.69, 9.17) is 4.98 Å². The predicted molar refractivity (Wildman–Crippen MR) is 147 cm³/mol. The molecule has 4 heterocycles. The Morgan fingerprint density at radius 1 is 1.05 bits per heavy atom. The molecule has 0 N–H and O–H groups in total. The molecule has 39 heavy (non-hydrogen) atoms. The van der Waals surface area contributed by atoms with Crippen LogP contribution in [0.3, 0.4) is 0 Å². The molecular formula is C30H28FN7O. The second-order valence-electron chi connectivity index (χ2n) is 10.1. The van der Waals surface area contributed by atoms with E-state index in [0.29, 0.717) is 29.8 Å². The van der Waals surface area contributed by atoms with Gasteiger partial charge in [0.25, 0.3) is 5.56 Å². The molecule has 1 unspecified atom stereocenters. The number of hydrogen-bond donors (Lipinski definition) is 0. The van der Waals surface area contributed by atoms with E-state index in [-0.39, 0.29) is 35.2 Å². The highest BCUT2D eigenvalue weighted by molar-refractivity contribution is 5.92. The number of nitriles is 2. The van der Waals surface area contributed by atoms with E-state index in [1.54, 1.807) is 31.3 Å². The Morgan fingerprint density at radius 2 is 1.85 bits per heavy atom. The lowest BCUT2D eigenvalue weighted by Crippen LogP contribution is -2.58. The van der Waals surface area contributed by atoms with E-state index >= 15 is 0 Å². The van der Waals surface area contributed by atoms with Crippen molar-refractivity contribution in [2.75, 3.05) is 18.0 Å². The van der Waals surface area contributed by atoms with Crippen LogP contribution in [0.4, 0.5) is 10.1 Å². The van der Waals surface area contributed by atoms with Crippen molar-refractivity contribution in [1.82, 2.24) is 19.4 Å². The minimum absolute atomic E-state index is 0.00183. The van der Waals surface area contributed by atoms with Gasteiger partial charge in [-0.05, 0) is 62.2 Å². The van der Waals surface area contributed by atoms with Gasteiger partial charge in [-0.1, -0.05) is 18.2 Å². The highest BCUT2D eigenvalue weighted by Crippen LogP contribution is 2.36. The number of fused-ring (bicyclic) bond motifs is 1. The number of rotatable bonds is 4. The van der Waals surface area contributed by atoms with Crippen molar-refractivity contribution in [2.45, 2.75) is 38.9 Å². The van der Waals surface area contributed by atoms with Gasteiger partial charge >= 0.3 is 0 Å². The third-order valence-corrected chi connectivity index (χ3v) is 7.47. The molecule has 0 saturated carbocycles. The number of halogens is 1. The summed E-state index contributed by atoms with van der Waals surface area (Å²) in [5, 5.41) is 19.5. The number of piperazine rings is 1. The predicted octanol–water partition coefficient (Wildman–Crippen LogP) is 4.21. The lowest BCUT2D eigenvalue weighted by molar-refractivity contribution is 0.127. The van der Waals surface area contributed by atoms with Crippen LogP contribution in [0.25, 0.3) is 11.0 Å². The molecule has 3 aromatic heterocycles. The van der Waals surface area contributed by atoms with Gasteiger partial charge in [-0.3, -0.25) is 14.7 Å². The first kappa shape index (κ1) is 26.0. The van der Waals surface area contributed by atoms with Crippen molar-refractivity contribution in [3.8, 4) is 12.1 Å². The Balaban J connectivity index is 1.61. The number of aromatic nitrogens is 3. The average Bonchev–Trinajstić information content (AvgIpc) is 2.93. The zero-order valence-electron chi connectivity index (χ0n) is 22.3. The number of nitrogens with zero attached hydrogens (tertiary/aromatic N) is 7. The highest BCUT2D eigenvalue weighted by Gasteiger charge is 2.37. The lowest BCUT2D eigenvalue weighted by Gasteiger charge is -2.48. The minimum Gasteiger partial charge on any atom is -0.363 e. The van der Waals surface area contributed by atoms with Crippen LogP contribution in [0.15, 0.2) is 59.5 Å². The van der Waals surface area contributed by atoms with Crippen molar-refractivity contribution in [3.63, 3.8) is 0 Å². The molecule has 5 rings (SSSR count). The maximum absolute atomic E-state index is 14.4. The third-order valence-electron chi connectivity index (χ3n) is 7.47. The van der Waals surface area contributed by atoms with E-state index in [1.807, 2.05) is 43.1 Å². The summed E-state index contributed by atoms with van der Waals surface area (Å²) in [6, 6.07) is 17.5. The molecule has 1 aliphatic rings. The Kier molecular flexibility index (Phi) is 6.86. The Morgan fingerprint density at radius 3 is 2.51 bits per heavy atom. The molecule has 3 atom stereocenters. The zero-order chi connectivity index (χ0) is 27.8. The topological polar surface area (TPSA) is 102 Å². The molecule has 9 heteroatoms. The van der Waals surface area contributed by atoms with Gasteiger partial charge in [-0.15, -0.1) is 0 Å². The maximum atomic E-state index is 14.4. The van der Waals surface area contributed by atoms with Gasteiger partial charge in [0.05, 0.1) is 22.9 Å². The second kappa shape index (κ2) is 10.3. The number of pyridine rings is 3. The van der Waals surface area contributed by atoms with Crippen LogP contribution in [0.5, 0.6) is 0 Å². The van der Waals surface area contributed by atoms with Crippen molar-refractivity contribution >= 4 is 16.7 Å². The third kappa shape index (κ3) is 4.62. The summed E-state index contributed by atoms with van der Waals surface area (Å²) in [5.74, 6) is -0.311. The van der Waals surface area contributed by atoms with Gasteiger partial charge in [0.2, 0.25) is 0 Å². The summed E-state index contributed by atoms with van der Waals surface area (Å²) in [6.45, 7) is 7.11. The quantitative estimate of drug-likeness (QED) is 0.396. The van der Waals surface area contributed by atoms with Gasteiger partial charge in [0.1, 0.15) is 34.7 Å². The molecule has 1 fully saturated rings.